The zero-order chi connectivity index (χ0) is 12.8. The zero-order valence-electron chi connectivity index (χ0n) is 10.8. The molecule has 1 aliphatic rings. The first-order valence-corrected chi connectivity index (χ1v) is 6.36. The molecule has 0 aliphatic carbocycles. The average Bonchev–Trinajstić information content (AvgIpc) is 2.64. The van der Waals surface area contributed by atoms with Crippen LogP contribution in [-0.2, 0) is 5.60 Å². The van der Waals surface area contributed by atoms with Gasteiger partial charge in [0.1, 0.15) is 5.60 Å². The second-order valence-electron chi connectivity index (χ2n) is 5.41. The van der Waals surface area contributed by atoms with Gasteiger partial charge in [-0.05, 0) is 38.1 Å². The summed E-state index contributed by atoms with van der Waals surface area (Å²) >= 11 is 0. The summed E-state index contributed by atoms with van der Waals surface area (Å²) in [6.45, 7) is 2.84. The van der Waals surface area contributed by atoms with Crippen LogP contribution in [0.1, 0.15) is 18.9 Å². The molecule has 0 radical (unpaired) electrons. The summed E-state index contributed by atoms with van der Waals surface area (Å²) in [5, 5.41) is 11.9. The van der Waals surface area contributed by atoms with Crippen molar-refractivity contribution in [1.82, 2.24) is 9.88 Å². The summed E-state index contributed by atoms with van der Waals surface area (Å²) < 4.78 is 0. The number of aromatic nitrogens is 1. The molecule has 1 aromatic heterocycles. The van der Waals surface area contributed by atoms with Gasteiger partial charge in [-0.25, -0.2) is 0 Å². The maximum atomic E-state index is 10.8. The van der Waals surface area contributed by atoms with Gasteiger partial charge >= 0.3 is 0 Å². The number of fused-ring (bicyclic) bond motifs is 1. The molecule has 1 aliphatic heterocycles. The van der Waals surface area contributed by atoms with Crippen LogP contribution in [0, 0.1) is 0 Å². The van der Waals surface area contributed by atoms with E-state index in [4.69, 9.17) is 0 Å². The van der Waals surface area contributed by atoms with E-state index in [0.29, 0.717) is 12.6 Å². The number of likely N-dealkylation sites (N-methyl/N-ethyl adjacent to an activating group) is 1. The summed E-state index contributed by atoms with van der Waals surface area (Å²) in [5.41, 5.74) is 1.19. The fourth-order valence-electron chi connectivity index (χ4n) is 2.84. The van der Waals surface area contributed by atoms with Crippen molar-refractivity contribution >= 4 is 10.9 Å². The number of hydrogen-bond donors (Lipinski definition) is 1. The van der Waals surface area contributed by atoms with Gasteiger partial charge in [0.15, 0.2) is 0 Å². The fraction of sp³-hybridized carbons (Fsp3) is 0.400. The Morgan fingerprint density at radius 3 is 2.94 bits per heavy atom. The maximum Gasteiger partial charge on any atom is 0.104 e. The number of rotatable bonds is 1. The first-order chi connectivity index (χ1) is 8.58. The van der Waals surface area contributed by atoms with Crippen molar-refractivity contribution in [3.05, 3.63) is 42.1 Å². The largest absolute Gasteiger partial charge is 0.384 e. The molecule has 1 fully saturated rings. The van der Waals surface area contributed by atoms with Crippen molar-refractivity contribution in [3.8, 4) is 0 Å². The van der Waals surface area contributed by atoms with E-state index in [-0.39, 0.29) is 0 Å². The van der Waals surface area contributed by atoms with Crippen molar-refractivity contribution in [2.75, 3.05) is 13.6 Å². The van der Waals surface area contributed by atoms with Gasteiger partial charge in [0, 0.05) is 24.2 Å². The van der Waals surface area contributed by atoms with E-state index < -0.39 is 5.60 Å². The number of benzene rings is 1. The lowest BCUT2D eigenvalue weighted by atomic mass is 9.91. The summed E-state index contributed by atoms with van der Waals surface area (Å²) in [5.74, 6) is 0. The molecule has 0 spiro atoms. The molecule has 2 unspecified atom stereocenters. The number of hydrogen-bond acceptors (Lipinski definition) is 3. The van der Waals surface area contributed by atoms with E-state index in [9.17, 15) is 5.11 Å². The molecular weight excluding hydrogens is 224 g/mol. The molecule has 3 heteroatoms. The average molecular weight is 242 g/mol. The molecular formula is C15H18N2O. The molecule has 0 saturated carbocycles. The molecule has 94 valence electrons. The molecule has 2 aromatic rings. The Bertz CT molecular complexity index is 571. The number of aliphatic hydroxyl groups is 1. The molecule has 2 atom stereocenters. The SMILES string of the molecule is CC1CC(O)(c2ccc3cccnc3c2)CN1C. The van der Waals surface area contributed by atoms with E-state index in [1.165, 1.54) is 0 Å². The van der Waals surface area contributed by atoms with E-state index in [1.807, 2.05) is 30.3 Å². The third-order valence-electron chi connectivity index (χ3n) is 4.04. The van der Waals surface area contributed by atoms with Gasteiger partial charge < -0.3 is 10.0 Å². The molecule has 2 heterocycles. The van der Waals surface area contributed by atoms with Crippen LogP contribution in [0.25, 0.3) is 10.9 Å². The summed E-state index contributed by atoms with van der Waals surface area (Å²) in [4.78, 5) is 6.55. The van der Waals surface area contributed by atoms with Crippen molar-refractivity contribution in [2.45, 2.75) is 25.0 Å². The molecule has 1 aromatic carbocycles. The fourth-order valence-corrected chi connectivity index (χ4v) is 2.84. The van der Waals surface area contributed by atoms with Crippen LogP contribution >= 0.6 is 0 Å². The maximum absolute atomic E-state index is 10.8. The van der Waals surface area contributed by atoms with E-state index in [2.05, 4.69) is 23.9 Å². The van der Waals surface area contributed by atoms with E-state index >= 15 is 0 Å². The second kappa shape index (κ2) is 4.04. The first-order valence-electron chi connectivity index (χ1n) is 6.36. The Morgan fingerprint density at radius 1 is 1.39 bits per heavy atom. The quantitative estimate of drug-likeness (QED) is 0.832. The Labute approximate surface area is 107 Å². The first kappa shape index (κ1) is 11.6. The minimum atomic E-state index is -0.736. The summed E-state index contributed by atoms with van der Waals surface area (Å²) in [6.07, 6.45) is 2.57. The van der Waals surface area contributed by atoms with Crippen LogP contribution < -0.4 is 0 Å². The topological polar surface area (TPSA) is 36.4 Å². The van der Waals surface area contributed by atoms with Crippen molar-refractivity contribution in [2.24, 2.45) is 0 Å². The van der Waals surface area contributed by atoms with Gasteiger partial charge in [-0.1, -0.05) is 18.2 Å². The van der Waals surface area contributed by atoms with Gasteiger partial charge in [-0.3, -0.25) is 4.98 Å². The summed E-state index contributed by atoms with van der Waals surface area (Å²) in [6, 6.07) is 10.5. The normalized spacial score (nSPS) is 28.9. The van der Waals surface area contributed by atoms with Gasteiger partial charge in [0.25, 0.3) is 0 Å². The van der Waals surface area contributed by atoms with E-state index in [1.54, 1.807) is 6.20 Å². The molecule has 18 heavy (non-hydrogen) atoms. The highest BCUT2D eigenvalue weighted by molar-refractivity contribution is 5.79. The van der Waals surface area contributed by atoms with Crippen LogP contribution in [0.15, 0.2) is 36.5 Å². The van der Waals surface area contributed by atoms with Gasteiger partial charge in [-0.2, -0.15) is 0 Å². The predicted octanol–water partition coefficient (Wildman–Crippen LogP) is 2.15. The lowest BCUT2D eigenvalue weighted by Crippen LogP contribution is -2.29. The monoisotopic (exact) mass is 242 g/mol. The molecule has 1 N–H and O–H groups in total. The molecule has 3 nitrogen and oxygen atoms in total. The van der Waals surface area contributed by atoms with Crippen LogP contribution in [-0.4, -0.2) is 34.6 Å². The second-order valence-corrected chi connectivity index (χ2v) is 5.41. The molecule has 1 saturated heterocycles. The van der Waals surface area contributed by atoms with Crippen LogP contribution in [0.5, 0.6) is 0 Å². The lowest BCUT2D eigenvalue weighted by Gasteiger charge is -2.23. The van der Waals surface area contributed by atoms with Crippen molar-refractivity contribution < 1.29 is 5.11 Å². The van der Waals surface area contributed by atoms with Crippen molar-refractivity contribution in [3.63, 3.8) is 0 Å². The number of likely N-dealkylation sites (tertiary alicyclic amines) is 1. The third kappa shape index (κ3) is 1.80. The highest BCUT2D eigenvalue weighted by atomic mass is 16.3. The molecule has 3 rings (SSSR count). The Kier molecular flexibility index (Phi) is 2.61. The van der Waals surface area contributed by atoms with E-state index in [0.717, 1.165) is 22.9 Å². The smallest absolute Gasteiger partial charge is 0.104 e. The van der Waals surface area contributed by atoms with Gasteiger partial charge in [0.2, 0.25) is 0 Å². The van der Waals surface area contributed by atoms with Gasteiger partial charge in [-0.15, -0.1) is 0 Å². The van der Waals surface area contributed by atoms with Crippen LogP contribution in [0.2, 0.25) is 0 Å². The Hall–Kier alpha value is -1.45. The zero-order valence-corrected chi connectivity index (χ0v) is 10.8. The molecule has 0 amide bonds. The standard InChI is InChI=1S/C15H18N2O/c1-11-9-15(18,10-17(11)2)13-6-5-12-4-3-7-16-14(12)8-13/h3-8,11,18H,9-10H2,1-2H3. The minimum Gasteiger partial charge on any atom is -0.384 e. The Morgan fingerprint density at radius 2 is 2.22 bits per heavy atom. The molecule has 0 bridgehead atoms. The highest BCUT2D eigenvalue weighted by Crippen LogP contribution is 2.35. The van der Waals surface area contributed by atoms with Crippen LogP contribution in [0.4, 0.5) is 0 Å². The predicted molar refractivity (Wildman–Crippen MR) is 72.3 cm³/mol. The van der Waals surface area contributed by atoms with Crippen molar-refractivity contribution in [1.29, 1.82) is 0 Å². The third-order valence-corrected chi connectivity index (χ3v) is 4.04. The van der Waals surface area contributed by atoms with Gasteiger partial charge in [0.05, 0.1) is 5.52 Å². The minimum absolute atomic E-state index is 0.412. The highest BCUT2D eigenvalue weighted by Gasteiger charge is 2.40. The lowest BCUT2D eigenvalue weighted by molar-refractivity contribution is 0.0487. The summed E-state index contributed by atoms with van der Waals surface area (Å²) in [7, 11) is 2.06. The Balaban J connectivity index is 2.04. The number of pyridine rings is 1. The van der Waals surface area contributed by atoms with Crippen LogP contribution in [0.3, 0.4) is 0 Å². The number of β-amino-alcohol motifs (C(OH)–C–C–N with tert-alkyl or cyclic N) is 1. The number of nitrogens with zero attached hydrogens (tertiary/aromatic N) is 2.